The number of rotatable bonds is 7. The van der Waals surface area contributed by atoms with Gasteiger partial charge in [0.05, 0.1) is 18.2 Å². The monoisotopic (exact) mass is 446 g/mol. The van der Waals surface area contributed by atoms with Crippen LogP contribution in [-0.2, 0) is 9.53 Å². The molecule has 0 fully saturated rings. The second-order valence-electron chi connectivity index (χ2n) is 7.64. The maximum absolute atomic E-state index is 12.8. The van der Waals surface area contributed by atoms with Crippen LogP contribution in [0.3, 0.4) is 0 Å². The average Bonchev–Trinajstić information content (AvgIpc) is 3.25. The minimum absolute atomic E-state index is 0.248. The number of hydrogen-bond donors (Lipinski definition) is 0. The van der Waals surface area contributed by atoms with Gasteiger partial charge >= 0.3 is 5.97 Å². The summed E-state index contributed by atoms with van der Waals surface area (Å²) in [7, 11) is 1.59. The molecule has 2 amide bonds. The SMILES string of the molecule is COc1ccc(-n2c(C)cc(C(=O)COC(=O)CN3C(=O)c4ccccc4C3=O)c2C)cc1. The summed E-state index contributed by atoms with van der Waals surface area (Å²) in [5.41, 5.74) is 3.34. The second-order valence-corrected chi connectivity index (χ2v) is 7.64. The fraction of sp³-hybridized carbons (Fsp3) is 0.200. The van der Waals surface area contributed by atoms with Gasteiger partial charge in [0, 0.05) is 22.6 Å². The van der Waals surface area contributed by atoms with Crippen molar-refractivity contribution in [3.8, 4) is 11.4 Å². The Morgan fingerprint density at radius 1 is 0.909 bits per heavy atom. The zero-order valence-electron chi connectivity index (χ0n) is 18.5. The van der Waals surface area contributed by atoms with E-state index in [2.05, 4.69) is 0 Å². The number of aromatic nitrogens is 1. The average molecular weight is 446 g/mol. The molecule has 0 N–H and O–H groups in total. The Bertz CT molecular complexity index is 1240. The van der Waals surface area contributed by atoms with E-state index in [4.69, 9.17) is 9.47 Å². The molecule has 0 aliphatic carbocycles. The third kappa shape index (κ3) is 4.03. The minimum Gasteiger partial charge on any atom is -0.497 e. The van der Waals surface area contributed by atoms with Gasteiger partial charge in [-0.1, -0.05) is 12.1 Å². The molecule has 0 saturated heterocycles. The number of nitrogens with zero attached hydrogens (tertiary/aromatic N) is 2. The van der Waals surface area contributed by atoms with E-state index in [0.717, 1.165) is 22.0 Å². The van der Waals surface area contributed by atoms with Gasteiger partial charge in [-0.05, 0) is 56.3 Å². The number of amides is 2. The van der Waals surface area contributed by atoms with Gasteiger partial charge < -0.3 is 14.0 Å². The molecule has 0 bridgehead atoms. The molecule has 1 aromatic heterocycles. The van der Waals surface area contributed by atoms with Crippen molar-refractivity contribution in [3.05, 3.63) is 82.7 Å². The van der Waals surface area contributed by atoms with Crippen molar-refractivity contribution in [2.45, 2.75) is 13.8 Å². The highest BCUT2D eigenvalue weighted by molar-refractivity contribution is 6.22. The highest BCUT2D eigenvalue weighted by Gasteiger charge is 2.36. The molecular formula is C25H22N2O6. The molecule has 33 heavy (non-hydrogen) atoms. The Kier molecular flexibility index (Phi) is 5.83. The van der Waals surface area contributed by atoms with Crippen LogP contribution in [-0.4, -0.2) is 53.3 Å². The van der Waals surface area contributed by atoms with Gasteiger partial charge in [-0.2, -0.15) is 0 Å². The number of benzene rings is 2. The summed E-state index contributed by atoms with van der Waals surface area (Å²) < 4.78 is 12.2. The van der Waals surface area contributed by atoms with Gasteiger partial charge in [-0.15, -0.1) is 0 Å². The largest absolute Gasteiger partial charge is 0.497 e. The molecule has 168 valence electrons. The summed E-state index contributed by atoms with van der Waals surface area (Å²) >= 11 is 0. The van der Waals surface area contributed by atoms with E-state index < -0.39 is 30.9 Å². The number of hydrogen-bond acceptors (Lipinski definition) is 6. The van der Waals surface area contributed by atoms with Crippen molar-refractivity contribution in [3.63, 3.8) is 0 Å². The predicted molar refractivity (Wildman–Crippen MR) is 119 cm³/mol. The Morgan fingerprint density at radius 3 is 2.09 bits per heavy atom. The summed E-state index contributed by atoms with van der Waals surface area (Å²) in [6, 6.07) is 15.5. The zero-order valence-corrected chi connectivity index (χ0v) is 18.5. The number of carbonyl (C=O) groups is 4. The maximum Gasteiger partial charge on any atom is 0.326 e. The van der Waals surface area contributed by atoms with Gasteiger partial charge in [-0.25, -0.2) is 0 Å². The first kappa shape index (κ1) is 22.0. The number of esters is 1. The molecule has 1 aliphatic heterocycles. The molecule has 2 heterocycles. The molecule has 3 aromatic rings. The fourth-order valence-corrected chi connectivity index (χ4v) is 3.95. The molecule has 0 spiro atoms. The lowest BCUT2D eigenvalue weighted by Crippen LogP contribution is -2.36. The molecule has 0 radical (unpaired) electrons. The van der Waals surface area contributed by atoms with E-state index in [-0.39, 0.29) is 16.9 Å². The Hall–Kier alpha value is -4.20. The first-order valence-corrected chi connectivity index (χ1v) is 10.3. The van der Waals surface area contributed by atoms with Crippen molar-refractivity contribution in [1.29, 1.82) is 0 Å². The van der Waals surface area contributed by atoms with Crippen LogP contribution in [0.1, 0.15) is 42.5 Å². The summed E-state index contributed by atoms with van der Waals surface area (Å²) in [6.07, 6.45) is 0. The van der Waals surface area contributed by atoms with Crippen LogP contribution in [0.15, 0.2) is 54.6 Å². The van der Waals surface area contributed by atoms with Crippen molar-refractivity contribution in [2.24, 2.45) is 0 Å². The summed E-state index contributed by atoms with van der Waals surface area (Å²) in [5, 5.41) is 0. The number of Topliss-reactive ketones (excluding diaryl/α,β-unsaturated/α-hetero) is 1. The van der Waals surface area contributed by atoms with Gasteiger partial charge in [0.1, 0.15) is 12.3 Å². The van der Waals surface area contributed by atoms with Crippen LogP contribution >= 0.6 is 0 Å². The second kappa shape index (κ2) is 8.74. The number of imide groups is 1. The quantitative estimate of drug-likeness (QED) is 0.314. The third-order valence-electron chi connectivity index (χ3n) is 5.59. The smallest absolute Gasteiger partial charge is 0.326 e. The molecule has 8 heteroatoms. The first-order chi connectivity index (χ1) is 15.8. The van der Waals surface area contributed by atoms with Gasteiger partial charge in [-0.3, -0.25) is 24.1 Å². The van der Waals surface area contributed by atoms with Crippen LogP contribution in [0.25, 0.3) is 5.69 Å². The number of fused-ring (bicyclic) bond motifs is 1. The Morgan fingerprint density at radius 2 is 1.52 bits per heavy atom. The number of methoxy groups -OCH3 is 1. The van der Waals surface area contributed by atoms with Gasteiger partial charge in [0.25, 0.3) is 11.8 Å². The van der Waals surface area contributed by atoms with E-state index in [1.807, 2.05) is 42.7 Å². The number of ether oxygens (including phenoxy) is 2. The Balaban J connectivity index is 1.42. The van der Waals surface area contributed by atoms with Crippen molar-refractivity contribution in [2.75, 3.05) is 20.3 Å². The molecule has 1 aliphatic rings. The van der Waals surface area contributed by atoms with Gasteiger partial charge in [0.15, 0.2) is 6.61 Å². The van der Waals surface area contributed by atoms with Crippen molar-refractivity contribution < 1.29 is 28.7 Å². The lowest BCUT2D eigenvalue weighted by molar-refractivity contribution is -0.142. The van der Waals surface area contributed by atoms with E-state index in [9.17, 15) is 19.2 Å². The molecule has 0 saturated carbocycles. The van der Waals surface area contributed by atoms with E-state index in [0.29, 0.717) is 11.3 Å². The fourth-order valence-electron chi connectivity index (χ4n) is 3.95. The summed E-state index contributed by atoms with van der Waals surface area (Å²) in [6.45, 7) is 2.65. The Labute approximate surface area is 190 Å². The summed E-state index contributed by atoms with van der Waals surface area (Å²) in [5.74, 6) is -1.59. The van der Waals surface area contributed by atoms with Crippen LogP contribution in [0.5, 0.6) is 5.75 Å². The van der Waals surface area contributed by atoms with Crippen LogP contribution in [0, 0.1) is 13.8 Å². The molecule has 8 nitrogen and oxygen atoms in total. The highest BCUT2D eigenvalue weighted by Crippen LogP contribution is 2.24. The van der Waals surface area contributed by atoms with Crippen LogP contribution in [0.4, 0.5) is 0 Å². The lowest BCUT2D eigenvalue weighted by atomic mass is 10.1. The molecule has 2 aromatic carbocycles. The van der Waals surface area contributed by atoms with Crippen LogP contribution < -0.4 is 4.74 Å². The standard InChI is InChI=1S/C25H22N2O6/c1-15-12-21(16(2)27(15)17-8-10-18(32-3)11-9-17)22(28)14-33-23(29)13-26-24(30)19-6-4-5-7-20(19)25(26)31/h4-12H,13-14H2,1-3H3. The molecule has 4 rings (SSSR count). The maximum atomic E-state index is 12.8. The first-order valence-electron chi connectivity index (χ1n) is 10.3. The van der Waals surface area contributed by atoms with E-state index >= 15 is 0 Å². The summed E-state index contributed by atoms with van der Waals surface area (Å²) in [4.78, 5) is 50.6. The normalized spacial score (nSPS) is 12.6. The van der Waals surface area contributed by atoms with E-state index in [1.165, 1.54) is 12.1 Å². The van der Waals surface area contributed by atoms with Gasteiger partial charge in [0.2, 0.25) is 5.78 Å². The minimum atomic E-state index is -0.832. The molecular weight excluding hydrogens is 424 g/mol. The predicted octanol–water partition coefficient (Wildman–Crippen LogP) is 3.12. The number of carbonyl (C=O) groups excluding carboxylic acids is 4. The lowest BCUT2D eigenvalue weighted by Gasteiger charge is -2.13. The topological polar surface area (TPSA) is 94.9 Å². The number of aryl methyl sites for hydroxylation is 1. The third-order valence-corrected chi connectivity index (χ3v) is 5.59. The number of ketones is 1. The zero-order chi connectivity index (χ0) is 23.7. The molecule has 0 unspecified atom stereocenters. The van der Waals surface area contributed by atoms with Crippen molar-refractivity contribution in [1.82, 2.24) is 9.47 Å². The highest BCUT2D eigenvalue weighted by atomic mass is 16.5. The van der Waals surface area contributed by atoms with E-state index in [1.54, 1.807) is 25.3 Å². The molecule has 0 atom stereocenters. The van der Waals surface area contributed by atoms with Crippen molar-refractivity contribution >= 4 is 23.6 Å². The van der Waals surface area contributed by atoms with Crippen LogP contribution in [0.2, 0.25) is 0 Å².